The van der Waals surface area contributed by atoms with Gasteiger partial charge in [-0.25, -0.2) is 23.9 Å². The Morgan fingerprint density at radius 1 is 1.17 bits per heavy atom. The van der Waals surface area contributed by atoms with E-state index in [1.165, 1.54) is 18.5 Å². The molecular formula is C22H26FN3O4. The van der Waals surface area contributed by atoms with Gasteiger partial charge in [-0.05, 0) is 63.6 Å². The fourth-order valence-corrected chi connectivity index (χ4v) is 3.41. The van der Waals surface area contributed by atoms with Crippen LogP contribution in [0.5, 0.6) is 0 Å². The lowest BCUT2D eigenvalue weighted by atomic mass is 10.1. The number of carbonyl (C=O) groups is 2. The van der Waals surface area contributed by atoms with Gasteiger partial charge in [-0.2, -0.15) is 0 Å². The first-order chi connectivity index (χ1) is 14.2. The fourth-order valence-electron chi connectivity index (χ4n) is 3.41. The normalized spacial score (nSPS) is 18.7. The molecular weight excluding hydrogens is 389 g/mol. The summed E-state index contributed by atoms with van der Waals surface area (Å²) in [6.07, 6.45) is 6.36. The molecule has 2 aromatic rings. The molecule has 0 radical (unpaired) electrons. The molecule has 7 nitrogen and oxygen atoms in total. The highest BCUT2D eigenvalue weighted by molar-refractivity contribution is 5.90. The summed E-state index contributed by atoms with van der Waals surface area (Å²) in [6, 6.07) is 4.29. The predicted octanol–water partition coefficient (Wildman–Crippen LogP) is 4.13. The molecule has 0 spiro atoms. The second-order valence-electron chi connectivity index (χ2n) is 8.44. The molecule has 1 aliphatic rings. The first-order valence-electron chi connectivity index (χ1n) is 9.93. The second-order valence-corrected chi connectivity index (χ2v) is 8.44. The lowest BCUT2D eigenvalue weighted by molar-refractivity contribution is 0.0423. The van der Waals surface area contributed by atoms with Crippen LogP contribution in [0.1, 0.15) is 50.4 Å². The highest BCUT2D eigenvalue weighted by Crippen LogP contribution is 2.27. The number of amides is 1. The summed E-state index contributed by atoms with van der Waals surface area (Å²) in [5.74, 6) is -1.25. The van der Waals surface area contributed by atoms with E-state index < -0.39 is 23.5 Å². The van der Waals surface area contributed by atoms with Crippen LogP contribution >= 0.6 is 0 Å². The minimum Gasteiger partial charge on any atom is -0.462 e. The van der Waals surface area contributed by atoms with Crippen molar-refractivity contribution in [1.82, 2.24) is 15.3 Å². The zero-order valence-electron chi connectivity index (χ0n) is 17.4. The van der Waals surface area contributed by atoms with Crippen LogP contribution in [0, 0.1) is 11.7 Å². The average molecular weight is 415 g/mol. The van der Waals surface area contributed by atoms with E-state index in [2.05, 4.69) is 15.3 Å². The van der Waals surface area contributed by atoms with Gasteiger partial charge < -0.3 is 14.8 Å². The lowest BCUT2D eigenvalue weighted by Gasteiger charge is -2.21. The third-order valence-electron chi connectivity index (χ3n) is 4.80. The second kappa shape index (κ2) is 9.19. The number of aromatic nitrogens is 2. The van der Waals surface area contributed by atoms with Crippen molar-refractivity contribution in [2.24, 2.45) is 5.92 Å². The predicted molar refractivity (Wildman–Crippen MR) is 108 cm³/mol. The Bertz CT molecular complexity index is 899. The maximum atomic E-state index is 14.4. The summed E-state index contributed by atoms with van der Waals surface area (Å²) in [5.41, 5.74) is 0.574. The maximum absolute atomic E-state index is 14.4. The average Bonchev–Trinajstić information content (AvgIpc) is 3.12. The molecule has 1 aliphatic carbocycles. The molecule has 1 aromatic carbocycles. The number of esters is 1. The number of benzene rings is 1. The summed E-state index contributed by atoms with van der Waals surface area (Å²) in [6.45, 7) is 5.60. The van der Waals surface area contributed by atoms with Crippen molar-refractivity contribution in [2.45, 2.75) is 51.7 Å². The van der Waals surface area contributed by atoms with E-state index in [4.69, 9.17) is 9.47 Å². The SMILES string of the molecule is CC(C)(C)OC(=O)N[C@H]1CC[C@@H](COC(=O)c2ccc(-c3cncnc3)cc2F)C1. The molecule has 0 bridgehead atoms. The summed E-state index contributed by atoms with van der Waals surface area (Å²) >= 11 is 0. The van der Waals surface area contributed by atoms with Crippen LogP contribution in [-0.4, -0.2) is 40.3 Å². The Balaban J connectivity index is 1.50. The molecule has 1 fully saturated rings. The van der Waals surface area contributed by atoms with Crippen molar-refractivity contribution >= 4 is 12.1 Å². The van der Waals surface area contributed by atoms with Crippen LogP contribution in [0.15, 0.2) is 36.9 Å². The number of halogens is 1. The minimum absolute atomic E-state index is 0.0207. The summed E-state index contributed by atoms with van der Waals surface area (Å²) in [4.78, 5) is 32.0. The van der Waals surface area contributed by atoms with Gasteiger partial charge in [0.05, 0.1) is 12.2 Å². The highest BCUT2D eigenvalue weighted by atomic mass is 19.1. The molecule has 0 unspecified atom stereocenters. The minimum atomic E-state index is -0.702. The van der Waals surface area contributed by atoms with E-state index in [1.54, 1.807) is 18.5 Å². The van der Waals surface area contributed by atoms with E-state index >= 15 is 0 Å². The summed E-state index contributed by atoms with van der Waals surface area (Å²) in [7, 11) is 0. The van der Waals surface area contributed by atoms with Crippen molar-refractivity contribution in [2.75, 3.05) is 6.61 Å². The van der Waals surface area contributed by atoms with Crippen LogP contribution in [0.3, 0.4) is 0 Å². The van der Waals surface area contributed by atoms with Crippen LogP contribution < -0.4 is 5.32 Å². The Hall–Kier alpha value is -3.03. The molecule has 1 aromatic heterocycles. The van der Waals surface area contributed by atoms with Crippen LogP contribution in [0.4, 0.5) is 9.18 Å². The van der Waals surface area contributed by atoms with Crippen LogP contribution in [0.2, 0.25) is 0 Å². The van der Waals surface area contributed by atoms with E-state index in [9.17, 15) is 14.0 Å². The van der Waals surface area contributed by atoms with Crippen molar-refractivity contribution in [3.05, 3.63) is 48.3 Å². The summed E-state index contributed by atoms with van der Waals surface area (Å²) < 4.78 is 25.0. The number of alkyl carbamates (subject to hydrolysis) is 1. The topological polar surface area (TPSA) is 90.4 Å². The number of nitrogens with one attached hydrogen (secondary N) is 1. The van der Waals surface area contributed by atoms with Gasteiger partial charge in [-0.3, -0.25) is 0 Å². The van der Waals surface area contributed by atoms with Gasteiger partial charge in [0.2, 0.25) is 0 Å². The largest absolute Gasteiger partial charge is 0.462 e. The monoisotopic (exact) mass is 415 g/mol. The first-order valence-corrected chi connectivity index (χ1v) is 9.93. The maximum Gasteiger partial charge on any atom is 0.407 e. The number of rotatable bonds is 5. The molecule has 1 amide bonds. The van der Waals surface area contributed by atoms with Gasteiger partial charge in [0.1, 0.15) is 17.7 Å². The number of nitrogens with zero attached hydrogens (tertiary/aromatic N) is 2. The Morgan fingerprint density at radius 3 is 2.57 bits per heavy atom. The highest BCUT2D eigenvalue weighted by Gasteiger charge is 2.29. The lowest BCUT2D eigenvalue weighted by Crippen LogP contribution is -2.38. The third-order valence-corrected chi connectivity index (χ3v) is 4.80. The van der Waals surface area contributed by atoms with E-state index in [0.29, 0.717) is 17.5 Å². The smallest absolute Gasteiger partial charge is 0.407 e. The van der Waals surface area contributed by atoms with E-state index in [1.807, 2.05) is 20.8 Å². The Labute approximate surface area is 175 Å². The number of hydrogen-bond acceptors (Lipinski definition) is 6. The molecule has 160 valence electrons. The Morgan fingerprint density at radius 2 is 1.90 bits per heavy atom. The number of hydrogen-bond donors (Lipinski definition) is 1. The molecule has 8 heteroatoms. The van der Waals surface area contributed by atoms with Crippen molar-refractivity contribution < 1.29 is 23.5 Å². The van der Waals surface area contributed by atoms with E-state index in [-0.39, 0.29) is 24.1 Å². The van der Waals surface area contributed by atoms with Gasteiger partial charge in [-0.1, -0.05) is 6.07 Å². The molecule has 2 atom stereocenters. The van der Waals surface area contributed by atoms with Crippen LogP contribution in [0.25, 0.3) is 11.1 Å². The molecule has 1 heterocycles. The summed E-state index contributed by atoms with van der Waals surface area (Å²) in [5, 5.41) is 2.84. The van der Waals surface area contributed by atoms with Gasteiger partial charge in [0.25, 0.3) is 0 Å². The Kier molecular flexibility index (Phi) is 6.64. The molecule has 1 saturated carbocycles. The molecule has 30 heavy (non-hydrogen) atoms. The van der Waals surface area contributed by atoms with Crippen LogP contribution in [-0.2, 0) is 9.47 Å². The van der Waals surface area contributed by atoms with Crippen molar-refractivity contribution in [3.63, 3.8) is 0 Å². The van der Waals surface area contributed by atoms with Crippen molar-refractivity contribution in [1.29, 1.82) is 0 Å². The molecule has 0 aliphatic heterocycles. The van der Waals surface area contributed by atoms with Gasteiger partial charge in [0.15, 0.2) is 0 Å². The molecule has 3 rings (SSSR count). The van der Waals surface area contributed by atoms with Gasteiger partial charge in [0, 0.05) is 24.0 Å². The fraction of sp³-hybridized carbons (Fsp3) is 0.455. The first kappa shape index (κ1) is 21.7. The molecule has 0 saturated heterocycles. The van der Waals surface area contributed by atoms with Gasteiger partial charge in [-0.15, -0.1) is 0 Å². The standard InChI is InChI=1S/C22H26FN3O4/c1-22(2,3)30-21(28)26-17-6-4-14(8-17)12-29-20(27)18-7-5-15(9-19(18)23)16-10-24-13-25-11-16/h5,7,9-11,13-14,17H,4,6,8,12H2,1-3H3,(H,26,28)/t14-,17+/m1/s1. The molecule has 1 N–H and O–H groups in total. The van der Waals surface area contributed by atoms with Crippen molar-refractivity contribution in [3.8, 4) is 11.1 Å². The zero-order valence-corrected chi connectivity index (χ0v) is 17.4. The zero-order chi connectivity index (χ0) is 21.7. The third kappa shape index (κ3) is 5.98. The van der Waals surface area contributed by atoms with Gasteiger partial charge >= 0.3 is 12.1 Å². The number of ether oxygens (including phenoxy) is 2. The quantitative estimate of drug-likeness (QED) is 0.739. The van der Waals surface area contributed by atoms with E-state index in [0.717, 1.165) is 12.8 Å². The number of carbonyl (C=O) groups excluding carboxylic acids is 2.